The molecular weight excluding hydrogens is 430 g/mol. The summed E-state index contributed by atoms with van der Waals surface area (Å²) in [4.78, 5) is 23.4. The summed E-state index contributed by atoms with van der Waals surface area (Å²) in [5, 5.41) is 11.9. The maximum atomic E-state index is 12.3. The molecule has 0 bridgehead atoms. The van der Waals surface area contributed by atoms with E-state index in [2.05, 4.69) is 29.6 Å². The van der Waals surface area contributed by atoms with E-state index in [0.717, 1.165) is 5.56 Å². The second-order valence-corrected chi connectivity index (χ2v) is 8.08. The molecule has 0 radical (unpaired) electrons. The van der Waals surface area contributed by atoms with Crippen LogP contribution >= 0.6 is 0 Å². The minimum Gasteiger partial charge on any atom is -0.497 e. The van der Waals surface area contributed by atoms with Crippen molar-refractivity contribution in [1.29, 1.82) is 0 Å². The van der Waals surface area contributed by atoms with E-state index in [1.807, 2.05) is 36.4 Å². The number of aliphatic carboxylic acids is 1. The van der Waals surface area contributed by atoms with E-state index in [1.165, 1.54) is 22.3 Å². The quantitative estimate of drug-likeness (QED) is 0.428. The van der Waals surface area contributed by atoms with Gasteiger partial charge in [0.25, 0.3) is 0 Å². The van der Waals surface area contributed by atoms with Crippen LogP contribution in [0.5, 0.6) is 5.75 Å². The topological polar surface area (TPSA) is 84.9 Å². The number of nitrogens with one attached hydrogen (secondary N) is 1. The Morgan fingerprint density at radius 2 is 1.68 bits per heavy atom. The van der Waals surface area contributed by atoms with Crippen LogP contribution < -0.4 is 10.1 Å². The molecule has 0 aromatic heterocycles. The number of methoxy groups -OCH3 is 1. The van der Waals surface area contributed by atoms with Gasteiger partial charge in [-0.3, -0.25) is 4.79 Å². The van der Waals surface area contributed by atoms with E-state index in [0.29, 0.717) is 24.3 Å². The highest BCUT2D eigenvalue weighted by Crippen LogP contribution is 2.44. The summed E-state index contributed by atoms with van der Waals surface area (Å²) in [5.41, 5.74) is 6.22. The van der Waals surface area contributed by atoms with Crippen molar-refractivity contribution in [3.8, 4) is 16.9 Å². The van der Waals surface area contributed by atoms with Gasteiger partial charge in [-0.1, -0.05) is 66.7 Å². The van der Waals surface area contributed by atoms with Crippen LogP contribution in [0.4, 0.5) is 4.79 Å². The first-order valence-corrected chi connectivity index (χ1v) is 11.2. The summed E-state index contributed by atoms with van der Waals surface area (Å²) in [6.45, 7) is 0.684. The molecule has 6 heteroatoms. The monoisotopic (exact) mass is 457 g/mol. The second-order valence-electron chi connectivity index (χ2n) is 8.08. The molecule has 0 aliphatic heterocycles. The lowest BCUT2D eigenvalue weighted by molar-refractivity contribution is -0.136. The van der Waals surface area contributed by atoms with Gasteiger partial charge in [0.2, 0.25) is 0 Å². The number of ether oxygens (including phenoxy) is 2. The Morgan fingerprint density at radius 3 is 2.32 bits per heavy atom. The van der Waals surface area contributed by atoms with Crippen LogP contribution in [0.1, 0.15) is 34.6 Å². The minimum atomic E-state index is -0.892. The average Bonchev–Trinajstić information content (AvgIpc) is 3.17. The number of carboxylic acid groups (broad SMARTS) is 1. The fraction of sp³-hybridized carbons (Fsp3) is 0.214. The van der Waals surface area contributed by atoms with Crippen molar-refractivity contribution in [3.05, 3.63) is 95.1 Å². The van der Waals surface area contributed by atoms with Crippen molar-refractivity contribution in [3.63, 3.8) is 0 Å². The third kappa shape index (κ3) is 5.29. The van der Waals surface area contributed by atoms with Crippen LogP contribution in [0.15, 0.2) is 72.8 Å². The summed E-state index contributed by atoms with van der Waals surface area (Å²) < 4.78 is 10.8. The van der Waals surface area contributed by atoms with E-state index < -0.39 is 12.1 Å². The zero-order valence-electron chi connectivity index (χ0n) is 19.0. The normalized spacial score (nSPS) is 12.3. The predicted molar refractivity (Wildman–Crippen MR) is 131 cm³/mol. The zero-order chi connectivity index (χ0) is 23.9. The number of rotatable bonds is 9. The fourth-order valence-electron chi connectivity index (χ4n) is 4.30. The number of hydrogen-bond acceptors (Lipinski definition) is 4. The Bertz CT molecular complexity index is 1170. The number of fused-ring (bicyclic) bond motifs is 3. The van der Waals surface area contributed by atoms with Gasteiger partial charge < -0.3 is 19.9 Å². The van der Waals surface area contributed by atoms with Crippen molar-refractivity contribution in [2.45, 2.75) is 18.8 Å². The molecule has 4 rings (SSSR count). The third-order valence-electron chi connectivity index (χ3n) is 5.92. The Morgan fingerprint density at radius 1 is 1.00 bits per heavy atom. The number of benzene rings is 3. The highest BCUT2D eigenvalue weighted by Gasteiger charge is 2.28. The number of carbonyl (C=O) groups excluding carboxylic acids is 1. The lowest BCUT2D eigenvalue weighted by Crippen LogP contribution is -2.26. The maximum Gasteiger partial charge on any atom is 0.407 e. The van der Waals surface area contributed by atoms with E-state index in [4.69, 9.17) is 14.6 Å². The zero-order valence-corrected chi connectivity index (χ0v) is 19.0. The first kappa shape index (κ1) is 23.1. The Balaban J connectivity index is 1.29. The molecule has 0 fully saturated rings. The third-order valence-corrected chi connectivity index (χ3v) is 5.92. The number of carboxylic acids is 1. The van der Waals surface area contributed by atoms with Crippen molar-refractivity contribution in [2.24, 2.45) is 0 Å². The summed E-state index contributed by atoms with van der Waals surface area (Å²) in [7, 11) is 1.57. The summed E-state index contributed by atoms with van der Waals surface area (Å²) in [6, 6.07) is 21.7. The smallest absolute Gasteiger partial charge is 0.407 e. The Labute approximate surface area is 198 Å². The number of carbonyl (C=O) groups is 2. The fourth-order valence-corrected chi connectivity index (χ4v) is 4.30. The van der Waals surface area contributed by atoms with Gasteiger partial charge >= 0.3 is 12.1 Å². The summed E-state index contributed by atoms with van der Waals surface area (Å²) >= 11 is 0. The highest BCUT2D eigenvalue weighted by molar-refractivity contribution is 5.79. The molecule has 0 unspecified atom stereocenters. The lowest BCUT2D eigenvalue weighted by atomic mass is 9.98. The van der Waals surface area contributed by atoms with Crippen LogP contribution in [0.3, 0.4) is 0 Å². The molecule has 174 valence electrons. The molecule has 0 saturated heterocycles. The van der Waals surface area contributed by atoms with Gasteiger partial charge in [0.05, 0.1) is 13.5 Å². The molecule has 1 amide bonds. The van der Waals surface area contributed by atoms with Crippen molar-refractivity contribution < 1.29 is 24.2 Å². The molecule has 3 aromatic rings. The van der Waals surface area contributed by atoms with E-state index >= 15 is 0 Å². The van der Waals surface area contributed by atoms with Crippen molar-refractivity contribution >= 4 is 18.1 Å². The first-order valence-electron chi connectivity index (χ1n) is 11.2. The van der Waals surface area contributed by atoms with Gasteiger partial charge in [0, 0.05) is 12.5 Å². The minimum absolute atomic E-state index is 0.0266. The van der Waals surface area contributed by atoms with Gasteiger partial charge in [-0.2, -0.15) is 0 Å². The second kappa shape index (κ2) is 10.7. The molecule has 1 aliphatic carbocycles. The van der Waals surface area contributed by atoms with Gasteiger partial charge in [0.15, 0.2) is 0 Å². The molecule has 0 spiro atoms. The van der Waals surface area contributed by atoms with Crippen LogP contribution in [-0.4, -0.2) is 37.4 Å². The predicted octanol–water partition coefficient (Wildman–Crippen LogP) is 5.26. The van der Waals surface area contributed by atoms with Crippen molar-refractivity contribution in [2.75, 3.05) is 20.3 Å². The van der Waals surface area contributed by atoms with Crippen LogP contribution in [0.25, 0.3) is 17.2 Å². The lowest BCUT2D eigenvalue weighted by Gasteiger charge is -2.14. The average molecular weight is 458 g/mol. The van der Waals surface area contributed by atoms with E-state index in [-0.39, 0.29) is 18.9 Å². The van der Waals surface area contributed by atoms with Gasteiger partial charge in [-0.15, -0.1) is 0 Å². The molecule has 34 heavy (non-hydrogen) atoms. The number of hydrogen-bond donors (Lipinski definition) is 2. The summed E-state index contributed by atoms with van der Waals surface area (Å²) in [5.74, 6) is -0.207. The molecule has 3 aromatic carbocycles. The standard InChI is InChI=1S/C28H27NO5/c1-33-21-14-13-20(17-27(30)31)19(16-21)8-6-7-15-29-28(32)34-18-26-24-11-4-2-9-22(24)23-10-3-5-12-25(23)26/h2-6,8-14,16,26H,7,15,17-18H2,1H3,(H,29,32)(H,30,31). The Hall–Kier alpha value is -4.06. The molecule has 0 atom stereocenters. The first-order chi connectivity index (χ1) is 16.6. The number of amides is 1. The molecule has 0 heterocycles. The van der Waals surface area contributed by atoms with Gasteiger partial charge in [0.1, 0.15) is 12.4 Å². The van der Waals surface area contributed by atoms with E-state index in [1.54, 1.807) is 25.3 Å². The molecule has 2 N–H and O–H groups in total. The molecule has 0 saturated carbocycles. The largest absolute Gasteiger partial charge is 0.497 e. The van der Waals surface area contributed by atoms with E-state index in [9.17, 15) is 9.59 Å². The maximum absolute atomic E-state index is 12.3. The SMILES string of the molecule is COc1ccc(CC(=O)O)c(C=CCCNC(=O)OCC2c3ccccc3-c3ccccc32)c1. The van der Waals surface area contributed by atoms with Gasteiger partial charge in [-0.25, -0.2) is 4.79 Å². The molecule has 1 aliphatic rings. The Kier molecular flexibility index (Phi) is 7.28. The highest BCUT2D eigenvalue weighted by atomic mass is 16.5. The molecule has 6 nitrogen and oxygen atoms in total. The molecular formula is C28H27NO5. The van der Waals surface area contributed by atoms with Crippen LogP contribution in [0.2, 0.25) is 0 Å². The van der Waals surface area contributed by atoms with Crippen LogP contribution in [0, 0.1) is 0 Å². The van der Waals surface area contributed by atoms with Crippen LogP contribution in [-0.2, 0) is 16.0 Å². The summed E-state index contributed by atoms with van der Waals surface area (Å²) in [6.07, 6.45) is 3.79. The van der Waals surface area contributed by atoms with Crippen molar-refractivity contribution in [1.82, 2.24) is 5.32 Å². The number of alkyl carbamates (subject to hydrolysis) is 1. The van der Waals surface area contributed by atoms with Gasteiger partial charge in [-0.05, 0) is 51.9 Å².